The maximum absolute atomic E-state index is 6.34. The van der Waals surface area contributed by atoms with Gasteiger partial charge in [0.05, 0.1) is 17.8 Å². The first-order valence-electron chi connectivity index (χ1n) is 6.03. The summed E-state index contributed by atoms with van der Waals surface area (Å²) in [7, 11) is 1.86. The molecule has 0 amide bonds. The Hall–Kier alpha value is 0.650. The lowest BCUT2D eigenvalue weighted by Crippen LogP contribution is -2.70. The summed E-state index contributed by atoms with van der Waals surface area (Å²) in [6.45, 7) is 0. The van der Waals surface area contributed by atoms with Gasteiger partial charge in [-0.2, -0.15) is 0 Å². The number of fused-ring (bicyclic) bond motifs is 1. The van der Waals surface area contributed by atoms with Crippen molar-refractivity contribution in [1.29, 1.82) is 0 Å². The molecule has 15 heavy (non-hydrogen) atoms. The number of hydrogen-bond donors (Lipinski definition) is 0. The van der Waals surface area contributed by atoms with Gasteiger partial charge in [0.2, 0.25) is 0 Å². The maximum Gasteiger partial charge on any atom is 0.0793 e. The summed E-state index contributed by atoms with van der Waals surface area (Å²) in [6, 6.07) is 0. The summed E-state index contributed by atoms with van der Waals surface area (Å²) < 4.78 is 13.1. The van der Waals surface area contributed by atoms with Crippen molar-refractivity contribution in [3.05, 3.63) is 0 Å². The SMILES string of the molecule is COC1CC2(CCC(CI)O2)C12CCC2. The van der Waals surface area contributed by atoms with Gasteiger partial charge < -0.3 is 9.47 Å². The van der Waals surface area contributed by atoms with Crippen molar-refractivity contribution in [1.82, 2.24) is 0 Å². The fourth-order valence-corrected chi connectivity index (χ4v) is 4.58. The topological polar surface area (TPSA) is 18.5 Å². The molecule has 2 spiro atoms. The minimum absolute atomic E-state index is 0.224. The van der Waals surface area contributed by atoms with E-state index in [-0.39, 0.29) is 5.60 Å². The Kier molecular flexibility index (Phi) is 2.57. The van der Waals surface area contributed by atoms with Crippen molar-refractivity contribution < 1.29 is 9.47 Å². The van der Waals surface area contributed by atoms with Crippen molar-refractivity contribution in [3.63, 3.8) is 0 Å². The van der Waals surface area contributed by atoms with Crippen LogP contribution in [0, 0.1) is 5.41 Å². The van der Waals surface area contributed by atoms with Gasteiger partial charge >= 0.3 is 0 Å². The van der Waals surface area contributed by atoms with E-state index in [4.69, 9.17) is 9.47 Å². The third-order valence-electron chi connectivity index (χ3n) is 5.00. The fraction of sp³-hybridized carbons (Fsp3) is 1.00. The van der Waals surface area contributed by atoms with Gasteiger partial charge in [-0.05, 0) is 25.7 Å². The van der Waals surface area contributed by atoms with E-state index in [9.17, 15) is 0 Å². The minimum Gasteiger partial charge on any atom is -0.381 e. The molecule has 0 radical (unpaired) electrons. The molecular formula is C12H19IO2. The molecule has 3 unspecified atom stereocenters. The van der Waals surface area contributed by atoms with Gasteiger partial charge in [-0.3, -0.25) is 0 Å². The summed E-state index contributed by atoms with van der Waals surface area (Å²) in [5, 5.41) is 0. The van der Waals surface area contributed by atoms with E-state index in [1.54, 1.807) is 0 Å². The van der Waals surface area contributed by atoms with Crippen LogP contribution in [0.1, 0.15) is 38.5 Å². The first kappa shape index (κ1) is 10.8. The number of alkyl halides is 1. The van der Waals surface area contributed by atoms with E-state index in [2.05, 4.69) is 22.6 Å². The summed E-state index contributed by atoms with van der Waals surface area (Å²) in [4.78, 5) is 0. The molecule has 0 N–H and O–H groups in total. The first-order chi connectivity index (χ1) is 7.26. The highest BCUT2D eigenvalue weighted by atomic mass is 127. The van der Waals surface area contributed by atoms with Gasteiger partial charge in [-0.15, -0.1) is 0 Å². The molecule has 1 aliphatic heterocycles. The molecule has 1 heterocycles. The second-order valence-electron chi connectivity index (χ2n) is 5.37. The molecule has 3 fully saturated rings. The van der Waals surface area contributed by atoms with Crippen LogP contribution in [0.25, 0.3) is 0 Å². The van der Waals surface area contributed by atoms with Crippen molar-refractivity contribution in [2.24, 2.45) is 5.41 Å². The predicted octanol–water partition coefficient (Wildman–Crippen LogP) is 2.93. The van der Waals surface area contributed by atoms with Crippen LogP contribution in [0.2, 0.25) is 0 Å². The maximum atomic E-state index is 6.34. The zero-order chi connectivity index (χ0) is 10.5. The lowest BCUT2D eigenvalue weighted by Gasteiger charge is -2.66. The predicted molar refractivity (Wildman–Crippen MR) is 67.4 cm³/mol. The average molecular weight is 322 g/mol. The Bertz CT molecular complexity index is 264. The quantitative estimate of drug-likeness (QED) is 0.575. The Morgan fingerprint density at radius 2 is 2.20 bits per heavy atom. The first-order valence-corrected chi connectivity index (χ1v) is 7.55. The fourth-order valence-electron chi connectivity index (χ4n) is 3.96. The summed E-state index contributed by atoms with van der Waals surface area (Å²) in [5.41, 5.74) is 0.643. The second-order valence-corrected chi connectivity index (χ2v) is 6.25. The zero-order valence-electron chi connectivity index (χ0n) is 9.30. The lowest BCUT2D eigenvalue weighted by atomic mass is 9.44. The average Bonchev–Trinajstić information content (AvgIpc) is 2.57. The minimum atomic E-state index is 0.224. The Labute approximate surface area is 105 Å². The smallest absolute Gasteiger partial charge is 0.0793 e. The molecule has 2 aliphatic carbocycles. The highest BCUT2D eigenvalue weighted by Gasteiger charge is 2.70. The Morgan fingerprint density at radius 3 is 2.67 bits per heavy atom. The van der Waals surface area contributed by atoms with Crippen molar-refractivity contribution >= 4 is 22.6 Å². The van der Waals surface area contributed by atoms with Crippen LogP contribution in [0.3, 0.4) is 0 Å². The molecular weight excluding hydrogens is 303 g/mol. The molecule has 2 nitrogen and oxygen atoms in total. The van der Waals surface area contributed by atoms with E-state index >= 15 is 0 Å². The number of rotatable bonds is 2. The largest absolute Gasteiger partial charge is 0.381 e. The second kappa shape index (κ2) is 3.57. The molecule has 3 rings (SSSR count). The van der Waals surface area contributed by atoms with Crippen LogP contribution in [0.15, 0.2) is 0 Å². The van der Waals surface area contributed by atoms with E-state index in [0.717, 1.165) is 10.8 Å². The molecule has 2 saturated carbocycles. The molecule has 0 bridgehead atoms. The normalized spacial score (nSPS) is 46.8. The number of ether oxygens (including phenoxy) is 2. The molecule has 3 aliphatic rings. The highest BCUT2D eigenvalue weighted by molar-refractivity contribution is 14.1. The van der Waals surface area contributed by atoms with E-state index < -0.39 is 0 Å². The van der Waals surface area contributed by atoms with E-state index in [1.165, 1.54) is 32.1 Å². The molecule has 0 aromatic carbocycles. The van der Waals surface area contributed by atoms with Crippen LogP contribution in [0.5, 0.6) is 0 Å². The van der Waals surface area contributed by atoms with Gasteiger partial charge in [0.15, 0.2) is 0 Å². The van der Waals surface area contributed by atoms with Crippen molar-refractivity contribution in [2.75, 3.05) is 11.5 Å². The van der Waals surface area contributed by atoms with Gasteiger partial charge in [0, 0.05) is 23.4 Å². The molecule has 0 aromatic heterocycles. The van der Waals surface area contributed by atoms with E-state index in [0.29, 0.717) is 17.6 Å². The molecule has 0 aromatic rings. The number of halogens is 1. The van der Waals surface area contributed by atoms with Crippen LogP contribution in [-0.2, 0) is 9.47 Å². The summed E-state index contributed by atoms with van der Waals surface area (Å²) in [6.07, 6.45) is 8.73. The van der Waals surface area contributed by atoms with Crippen LogP contribution in [0.4, 0.5) is 0 Å². The zero-order valence-corrected chi connectivity index (χ0v) is 11.5. The lowest BCUT2D eigenvalue weighted by molar-refractivity contribution is -0.291. The van der Waals surface area contributed by atoms with Crippen LogP contribution < -0.4 is 0 Å². The third-order valence-corrected chi connectivity index (χ3v) is 5.99. The van der Waals surface area contributed by atoms with Crippen LogP contribution in [-0.4, -0.2) is 29.3 Å². The summed E-state index contributed by atoms with van der Waals surface area (Å²) >= 11 is 2.45. The molecule has 86 valence electrons. The monoisotopic (exact) mass is 322 g/mol. The number of methoxy groups -OCH3 is 1. The molecule has 1 saturated heterocycles. The third kappa shape index (κ3) is 1.23. The van der Waals surface area contributed by atoms with Gasteiger partial charge in [0.1, 0.15) is 0 Å². The van der Waals surface area contributed by atoms with Crippen molar-refractivity contribution in [2.45, 2.75) is 56.3 Å². The molecule has 3 heteroatoms. The summed E-state index contributed by atoms with van der Waals surface area (Å²) in [5.74, 6) is 0. The Morgan fingerprint density at radius 1 is 1.40 bits per heavy atom. The number of hydrogen-bond acceptors (Lipinski definition) is 2. The van der Waals surface area contributed by atoms with Gasteiger partial charge in [-0.1, -0.05) is 29.0 Å². The van der Waals surface area contributed by atoms with Crippen molar-refractivity contribution in [3.8, 4) is 0 Å². The van der Waals surface area contributed by atoms with E-state index in [1.807, 2.05) is 7.11 Å². The Balaban J connectivity index is 1.78. The van der Waals surface area contributed by atoms with Crippen LogP contribution >= 0.6 is 22.6 Å². The standard InChI is InChI=1S/C12H19IO2/c1-14-10-7-12(11(10)4-2-5-11)6-3-9(8-13)15-12/h9-10H,2-8H2,1H3. The highest BCUT2D eigenvalue weighted by Crippen LogP contribution is 2.68. The van der Waals surface area contributed by atoms with Gasteiger partial charge in [0.25, 0.3) is 0 Å². The molecule has 3 atom stereocenters. The van der Waals surface area contributed by atoms with Gasteiger partial charge in [-0.25, -0.2) is 0 Å².